The molecule has 1 fully saturated rings. The van der Waals surface area contributed by atoms with Gasteiger partial charge in [-0.3, -0.25) is 4.98 Å². The molecule has 7 nitrogen and oxygen atoms in total. The fourth-order valence-electron chi connectivity index (χ4n) is 8.43. The van der Waals surface area contributed by atoms with Crippen molar-refractivity contribution < 1.29 is 24.1 Å². The number of aryl methyl sites for hydroxylation is 1. The number of pyridine rings is 1. The van der Waals surface area contributed by atoms with E-state index in [2.05, 4.69) is 36.3 Å². The van der Waals surface area contributed by atoms with Gasteiger partial charge < -0.3 is 24.6 Å². The molecule has 0 bridgehead atoms. The van der Waals surface area contributed by atoms with Crippen molar-refractivity contribution >= 4 is 23.3 Å². The minimum atomic E-state index is -1.06. The van der Waals surface area contributed by atoms with Crippen LogP contribution in [0.1, 0.15) is 87.1 Å². The molecule has 3 aliphatic carbocycles. The monoisotopic (exact) mass is 632 g/mol. The topological polar surface area (TPSA) is 89.9 Å². The van der Waals surface area contributed by atoms with E-state index in [1.54, 1.807) is 26.4 Å². The van der Waals surface area contributed by atoms with Crippen molar-refractivity contribution in [2.24, 2.45) is 11.8 Å². The van der Waals surface area contributed by atoms with E-state index in [0.717, 1.165) is 55.0 Å². The summed E-state index contributed by atoms with van der Waals surface area (Å²) in [5.74, 6) is 2.72. The highest BCUT2D eigenvalue weighted by Crippen LogP contribution is 2.57. The van der Waals surface area contributed by atoms with Gasteiger partial charge >= 0.3 is 5.97 Å². The van der Waals surface area contributed by atoms with Gasteiger partial charge in [-0.1, -0.05) is 31.5 Å². The fourth-order valence-corrected chi connectivity index (χ4v) is 8.62. The Kier molecular flexibility index (Phi) is 8.93. The third-order valence-electron chi connectivity index (χ3n) is 10.8. The number of hydrogen-bond acceptors (Lipinski definition) is 6. The Morgan fingerprint density at radius 2 is 1.84 bits per heavy atom. The van der Waals surface area contributed by atoms with E-state index >= 15 is 0 Å². The molecular weight excluding hydrogens is 588 g/mol. The number of carboxylic acids is 1. The maximum Gasteiger partial charge on any atom is 0.329 e. The van der Waals surface area contributed by atoms with Crippen molar-refractivity contribution in [2.75, 3.05) is 26.1 Å². The number of halogens is 1. The largest absolute Gasteiger partial charge is 0.493 e. The van der Waals surface area contributed by atoms with Gasteiger partial charge in [0.25, 0.3) is 0 Å². The molecule has 45 heavy (non-hydrogen) atoms. The Labute approximate surface area is 271 Å². The zero-order valence-corrected chi connectivity index (χ0v) is 27.6. The van der Waals surface area contributed by atoms with E-state index < -0.39 is 11.5 Å². The van der Waals surface area contributed by atoms with E-state index in [0.29, 0.717) is 42.2 Å². The minimum absolute atomic E-state index is 0.164. The molecule has 1 aromatic heterocycles. The summed E-state index contributed by atoms with van der Waals surface area (Å²) in [6.45, 7) is 5.19. The number of aromatic nitrogens is 1. The van der Waals surface area contributed by atoms with Crippen molar-refractivity contribution in [1.82, 2.24) is 4.98 Å². The van der Waals surface area contributed by atoms with Crippen molar-refractivity contribution in [3.05, 3.63) is 76.1 Å². The molecule has 1 unspecified atom stereocenters. The lowest BCUT2D eigenvalue weighted by molar-refractivity contribution is -0.144. The summed E-state index contributed by atoms with van der Waals surface area (Å²) in [5.41, 5.74) is 4.51. The number of methoxy groups -OCH3 is 2. The van der Waals surface area contributed by atoms with Crippen molar-refractivity contribution in [2.45, 2.75) is 88.5 Å². The van der Waals surface area contributed by atoms with E-state index in [1.807, 2.05) is 24.4 Å². The second-order valence-electron chi connectivity index (χ2n) is 13.6. The van der Waals surface area contributed by atoms with E-state index in [1.165, 1.54) is 35.2 Å². The predicted molar refractivity (Wildman–Crippen MR) is 177 cm³/mol. The third-order valence-corrected chi connectivity index (χ3v) is 11.0. The molecule has 8 heteroatoms. The number of aliphatic carboxylic acids is 1. The Hall–Kier alpha value is -3.45. The van der Waals surface area contributed by atoms with Gasteiger partial charge in [0.15, 0.2) is 11.5 Å². The molecule has 3 atom stereocenters. The molecule has 1 spiro atoms. The number of nitrogens with one attached hydrogen (secondary N) is 1. The Balaban J connectivity index is 1.26. The number of nitrogens with zero attached hydrogens (tertiary/aromatic N) is 1. The first-order valence-corrected chi connectivity index (χ1v) is 16.7. The normalized spacial score (nSPS) is 26.1. The van der Waals surface area contributed by atoms with Crippen LogP contribution in [0, 0.1) is 11.8 Å². The SMILES string of the molecule is COc1cc2c(cc1OC)C1(CCC(Nc3cccc(Cl)c3)(C(=O)O)CC1)C(C[C@@H](C)COc1ccnc3c1[C@H](C)CCC3)C2. The Morgan fingerprint density at radius 1 is 1.09 bits per heavy atom. The molecule has 0 saturated heterocycles. The van der Waals surface area contributed by atoms with Crippen molar-refractivity contribution in [3.63, 3.8) is 0 Å². The van der Waals surface area contributed by atoms with Gasteiger partial charge in [0.2, 0.25) is 0 Å². The summed E-state index contributed by atoms with van der Waals surface area (Å²) in [7, 11) is 3.35. The summed E-state index contributed by atoms with van der Waals surface area (Å²) in [6, 6.07) is 13.6. The lowest BCUT2D eigenvalue weighted by Gasteiger charge is -2.47. The van der Waals surface area contributed by atoms with Crippen LogP contribution >= 0.6 is 11.6 Å². The van der Waals surface area contributed by atoms with Gasteiger partial charge in [-0.2, -0.15) is 0 Å². The highest BCUT2D eigenvalue weighted by Gasteiger charge is 2.54. The van der Waals surface area contributed by atoms with E-state index in [9.17, 15) is 9.90 Å². The molecule has 0 amide bonds. The van der Waals surface area contributed by atoms with Crippen LogP contribution in [-0.4, -0.2) is 42.4 Å². The lowest BCUT2D eigenvalue weighted by atomic mass is 9.59. The molecule has 6 rings (SSSR count). The number of carbonyl (C=O) groups is 1. The quantitative estimate of drug-likeness (QED) is 0.233. The first-order chi connectivity index (χ1) is 21.7. The van der Waals surface area contributed by atoms with Crippen LogP contribution in [0.25, 0.3) is 0 Å². The summed E-state index contributed by atoms with van der Waals surface area (Å²) in [5, 5.41) is 14.5. The van der Waals surface area contributed by atoms with Crippen LogP contribution in [0.3, 0.4) is 0 Å². The Bertz CT molecular complexity index is 1550. The van der Waals surface area contributed by atoms with Gasteiger partial charge in [0.1, 0.15) is 11.3 Å². The molecule has 0 aliphatic heterocycles. The number of hydrogen-bond donors (Lipinski definition) is 2. The molecule has 1 heterocycles. The fraction of sp³-hybridized carbons (Fsp3) is 0.514. The van der Waals surface area contributed by atoms with Gasteiger partial charge in [0.05, 0.1) is 20.8 Å². The third kappa shape index (κ3) is 5.96. The number of benzene rings is 2. The molecule has 3 aromatic rings. The zero-order valence-electron chi connectivity index (χ0n) is 26.8. The Morgan fingerprint density at radius 3 is 2.56 bits per heavy atom. The molecule has 240 valence electrons. The van der Waals surface area contributed by atoms with Crippen LogP contribution in [0.15, 0.2) is 48.7 Å². The summed E-state index contributed by atoms with van der Waals surface area (Å²) < 4.78 is 18.0. The molecule has 0 radical (unpaired) electrons. The predicted octanol–water partition coefficient (Wildman–Crippen LogP) is 8.22. The number of carboxylic acid groups (broad SMARTS) is 1. The average molecular weight is 633 g/mol. The van der Waals surface area contributed by atoms with Gasteiger partial charge in [-0.05, 0) is 128 Å². The maximum absolute atomic E-state index is 12.8. The zero-order chi connectivity index (χ0) is 31.8. The molecular formula is C37H45ClN2O5. The smallest absolute Gasteiger partial charge is 0.329 e. The standard InChI is InChI=1S/C37H45ClN2O5/c1-23(22-45-31-11-16-39-30-10-5-7-24(2)34(30)31)17-26-18-25-19-32(43-3)33(44-4)21-29(25)36(26)12-14-37(15-13-36,35(41)42)40-28-9-6-8-27(38)20-28/h6,8-9,11,16,19-21,23-24,26,40H,5,7,10,12-15,17-18,22H2,1-4H3,(H,41,42)/t23-,24-,26?,36?,37?/m1/s1. The average Bonchev–Trinajstić information content (AvgIpc) is 3.31. The number of rotatable bonds is 10. The second kappa shape index (κ2) is 12.7. The van der Waals surface area contributed by atoms with Crippen LogP contribution < -0.4 is 19.5 Å². The van der Waals surface area contributed by atoms with Gasteiger partial charge in [-0.25, -0.2) is 4.79 Å². The number of fused-ring (bicyclic) bond motifs is 3. The van der Waals surface area contributed by atoms with Crippen molar-refractivity contribution in [1.29, 1.82) is 0 Å². The van der Waals surface area contributed by atoms with E-state index in [-0.39, 0.29) is 5.41 Å². The summed E-state index contributed by atoms with van der Waals surface area (Å²) in [6.07, 6.45) is 9.67. The maximum atomic E-state index is 12.8. The molecule has 1 saturated carbocycles. The van der Waals surface area contributed by atoms with Gasteiger partial charge in [0, 0.05) is 28.2 Å². The molecule has 2 aromatic carbocycles. The highest BCUT2D eigenvalue weighted by molar-refractivity contribution is 6.30. The lowest BCUT2D eigenvalue weighted by Crippen LogP contribution is -2.53. The van der Waals surface area contributed by atoms with Gasteiger partial charge in [-0.15, -0.1) is 0 Å². The molecule has 3 aliphatic rings. The highest BCUT2D eigenvalue weighted by atomic mass is 35.5. The summed E-state index contributed by atoms with van der Waals surface area (Å²) in [4.78, 5) is 17.5. The van der Waals surface area contributed by atoms with Crippen LogP contribution in [0.5, 0.6) is 17.2 Å². The first-order valence-electron chi connectivity index (χ1n) is 16.3. The van der Waals surface area contributed by atoms with Crippen LogP contribution in [0.2, 0.25) is 5.02 Å². The minimum Gasteiger partial charge on any atom is -0.493 e. The second-order valence-corrected chi connectivity index (χ2v) is 14.0. The van der Waals surface area contributed by atoms with Crippen LogP contribution in [0.4, 0.5) is 5.69 Å². The number of ether oxygens (including phenoxy) is 3. The van der Waals surface area contributed by atoms with E-state index in [4.69, 9.17) is 25.8 Å². The van der Waals surface area contributed by atoms with Crippen LogP contribution in [-0.2, 0) is 23.1 Å². The first kappa shape index (κ1) is 31.5. The number of anilines is 1. The molecule has 2 N–H and O–H groups in total. The summed E-state index contributed by atoms with van der Waals surface area (Å²) >= 11 is 6.25. The van der Waals surface area contributed by atoms with Crippen molar-refractivity contribution in [3.8, 4) is 17.2 Å².